The van der Waals surface area contributed by atoms with Crippen LogP contribution in [0.15, 0.2) is 51.8 Å². The van der Waals surface area contributed by atoms with Gasteiger partial charge in [-0.25, -0.2) is 8.42 Å². The van der Waals surface area contributed by atoms with Gasteiger partial charge in [0.2, 0.25) is 0 Å². The van der Waals surface area contributed by atoms with Gasteiger partial charge in [0.15, 0.2) is 0 Å². The second kappa shape index (κ2) is 6.17. The Labute approximate surface area is 145 Å². The second-order valence-electron chi connectivity index (χ2n) is 5.53. The van der Waals surface area contributed by atoms with E-state index >= 15 is 0 Å². The first-order valence-corrected chi connectivity index (χ1v) is 9.72. The SMILES string of the molecule is CCOc1ccc(S(=O)(=O)N2c3ccc(Br)cc3C[C@@H]2C)cc1. The van der Waals surface area contributed by atoms with Crippen molar-refractivity contribution in [1.82, 2.24) is 0 Å². The smallest absolute Gasteiger partial charge is 0.264 e. The van der Waals surface area contributed by atoms with Gasteiger partial charge in [0.05, 0.1) is 17.2 Å². The van der Waals surface area contributed by atoms with Crippen LogP contribution in [0.3, 0.4) is 0 Å². The van der Waals surface area contributed by atoms with Crippen molar-refractivity contribution in [3.8, 4) is 5.75 Å². The molecule has 122 valence electrons. The lowest BCUT2D eigenvalue weighted by atomic mass is 10.1. The lowest BCUT2D eigenvalue weighted by Crippen LogP contribution is -2.35. The molecule has 0 bridgehead atoms. The van der Waals surface area contributed by atoms with Crippen LogP contribution in [0.5, 0.6) is 5.75 Å². The molecule has 1 heterocycles. The molecule has 4 nitrogen and oxygen atoms in total. The molecule has 2 aromatic rings. The summed E-state index contributed by atoms with van der Waals surface area (Å²) in [6.45, 7) is 4.38. The van der Waals surface area contributed by atoms with Gasteiger partial charge in [-0.2, -0.15) is 0 Å². The zero-order valence-corrected chi connectivity index (χ0v) is 15.4. The molecular formula is C17H18BrNO3S. The van der Waals surface area contributed by atoms with Gasteiger partial charge in [-0.3, -0.25) is 4.31 Å². The molecule has 6 heteroatoms. The molecule has 0 N–H and O–H groups in total. The van der Waals surface area contributed by atoms with Crippen LogP contribution in [0, 0.1) is 0 Å². The Kier molecular flexibility index (Phi) is 4.38. The number of ether oxygens (including phenoxy) is 1. The van der Waals surface area contributed by atoms with Crippen LogP contribution in [0.25, 0.3) is 0 Å². The fraction of sp³-hybridized carbons (Fsp3) is 0.294. The molecule has 1 aliphatic heterocycles. The molecule has 0 unspecified atom stereocenters. The Morgan fingerprint density at radius 2 is 1.91 bits per heavy atom. The summed E-state index contributed by atoms with van der Waals surface area (Å²) in [6, 6.07) is 12.2. The van der Waals surface area contributed by atoms with Crippen molar-refractivity contribution < 1.29 is 13.2 Å². The standard InChI is InChI=1S/C17H18BrNO3S/c1-3-22-15-5-7-16(8-6-15)23(20,21)19-12(2)10-13-11-14(18)4-9-17(13)19/h4-9,11-12H,3,10H2,1-2H3/t12-/m0/s1. The molecule has 1 atom stereocenters. The van der Waals surface area contributed by atoms with Gasteiger partial charge >= 0.3 is 0 Å². The van der Waals surface area contributed by atoms with E-state index in [0.717, 1.165) is 15.7 Å². The van der Waals surface area contributed by atoms with Crippen molar-refractivity contribution in [2.24, 2.45) is 0 Å². The first-order valence-electron chi connectivity index (χ1n) is 7.49. The summed E-state index contributed by atoms with van der Waals surface area (Å²) in [6.07, 6.45) is 0.713. The van der Waals surface area contributed by atoms with Gasteiger partial charge in [0.25, 0.3) is 10.0 Å². The summed E-state index contributed by atoms with van der Waals surface area (Å²) < 4.78 is 33.9. The number of halogens is 1. The molecule has 0 radical (unpaired) electrons. The third-order valence-corrected chi connectivity index (χ3v) is 6.32. The molecule has 0 spiro atoms. The number of nitrogens with zero attached hydrogens (tertiary/aromatic N) is 1. The summed E-state index contributed by atoms with van der Waals surface area (Å²) >= 11 is 3.44. The highest BCUT2D eigenvalue weighted by atomic mass is 79.9. The maximum atomic E-state index is 13.0. The maximum absolute atomic E-state index is 13.0. The van der Waals surface area contributed by atoms with Crippen LogP contribution < -0.4 is 9.04 Å². The molecular weight excluding hydrogens is 378 g/mol. The number of anilines is 1. The minimum absolute atomic E-state index is 0.101. The summed E-state index contributed by atoms with van der Waals surface area (Å²) in [5.74, 6) is 0.672. The normalized spacial score (nSPS) is 17.2. The van der Waals surface area contributed by atoms with E-state index in [1.165, 1.54) is 4.31 Å². The highest BCUT2D eigenvalue weighted by Gasteiger charge is 2.36. The predicted molar refractivity (Wildman–Crippen MR) is 94.6 cm³/mol. The van der Waals surface area contributed by atoms with Crippen molar-refractivity contribution in [3.05, 3.63) is 52.5 Å². The zero-order chi connectivity index (χ0) is 16.6. The maximum Gasteiger partial charge on any atom is 0.264 e. The van der Waals surface area contributed by atoms with Crippen LogP contribution in [-0.2, 0) is 16.4 Å². The quantitative estimate of drug-likeness (QED) is 0.785. The van der Waals surface area contributed by atoms with E-state index < -0.39 is 10.0 Å². The average Bonchev–Trinajstić information content (AvgIpc) is 2.83. The molecule has 0 aromatic heterocycles. The van der Waals surface area contributed by atoms with Gasteiger partial charge in [0, 0.05) is 10.5 Å². The minimum Gasteiger partial charge on any atom is -0.494 e. The van der Waals surface area contributed by atoms with Gasteiger partial charge in [-0.1, -0.05) is 15.9 Å². The molecule has 23 heavy (non-hydrogen) atoms. The number of hydrogen-bond donors (Lipinski definition) is 0. The first kappa shape index (κ1) is 16.3. The van der Waals surface area contributed by atoms with Gasteiger partial charge in [-0.05, 0) is 68.3 Å². The van der Waals surface area contributed by atoms with Gasteiger partial charge < -0.3 is 4.74 Å². The van der Waals surface area contributed by atoms with Crippen LogP contribution in [0.1, 0.15) is 19.4 Å². The summed E-state index contributed by atoms with van der Waals surface area (Å²) in [4.78, 5) is 0.281. The zero-order valence-electron chi connectivity index (χ0n) is 13.0. The second-order valence-corrected chi connectivity index (χ2v) is 8.26. The molecule has 1 aliphatic rings. The van der Waals surface area contributed by atoms with E-state index in [9.17, 15) is 8.42 Å². The van der Waals surface area contributed by atoms with Crippen LogP contribution in [0.2, 0.25) is 0 Å². The Morgan fingerprint density at radius 3 is 2.57 bits per heavy atom. The molecule has 0 amide bonds. The van der Waals surface area contributed by atoms with Crippen molar-refractivity contribution in [1.29, 1.82) is 0 Å². The number of rotatable bonds is 4. The first-order chi connectivity index (χ1) is 10.9. The topological polar surface area (TPSA) is 46.6 Å². The predicted octanol–water partition coefficient (Wildman–Crippen LogP) is 3.99. The van der Waals surface area contributed by atoms with Crippen molar-refractivity contribution in [2.75, 3.05) is 10.9 Å². The molecule has 2 aromatic carbocycles. The van der Waals surface area contributed by atoms with E-state index in [0.29, 0.717) is 18.8 Å². The fourth-order valence-electron chi connectivity index (χ4n) is 2.93. The molecule has 0 fully saturated rings. The third kappa shape index (κ3) is 2.97. The minimum atomic E-state index is -3.58. The monoisotopic (exact) mass is 395 g/mol. The van der Waals surface area contributed by atoms with Crippen LogP contribution >= 0.6 is 15.9 Å². The number of sulfonamides is 1. The highest BCUT2D eigenvalue weighted by molar-refractivity contribution is 9.10. The molecule has 0 aliphatic carbocycles. The van der Waals surface area contributed by atoms with E-state index in [-0.39, 0.29) is 10.9 Å². The third-order valence-electron chi connectivity index (χ3n) is 3.89. The Hall–Kier alpha value is -1.53. The van der Waals surface area contributed by atoms with Crippen molar-refractivity contribution >= 4 is 31.6 Å². The number of benzene rings is 2. The molecule has 0 saturated carbocycles. The van der Waals surface area contributed by atoms with Gasteiger partial charge in [-0.15, -0.1) is 0 Å². The number of hydrogen-bond acceptors (Lipinski definition) is 3. The van der Waals surface area contributed by atoms with E-state index in [2.05, 4.69) is 15.9 Å². The molecule has 3 rings (SSSR count). The van der Waals surface area contributed by atoms with E-state index in [1.54, 1.807) is 24.3 Å². The lowest BCUT2D eigenvalue weighted by molar-refractivity contribution is 0.340. The largest absolute Gasteiger partial charge is 0.494 e. The van der Waals surface area contributed by atoms with Crippen molar-refractivity contribution in [3.63, 3.8) is 0 Å². The summed E-state index contributed by atoms with van der Waals surface area (Å²) in [7, 11) is -3.58. The lowest BCUT2D eigenvalue weighted by Gasteiger charge is -2.24. The Bertz CT molecular complexity index is 818. The van der Waals surface area contributed by atoms with Gasteiger partial charge in [0.1, 0.15) is 5.75 Å². The number of fused-ring (bicyclic) bond motifs is 1. The van der Waals surface area contributed by atoms with Crippen LogP contribution in [-0.4, -0.2) is 21.1 Å². The fourth-order valence-corrected chi connectivity index (χ4v) is 5.03. The van der Waals surface area contributed by atoms with Crippen LogP contribution in [0.4, 0.5) is 5.69 Å². The summed E-state index contributed by atoms with van der Waals surface area (Å²) in [5.41, 5.74) is 1.80. The van der Waals surface area contributed by atoms with E-state index in [1.807, 2.05) is 32.0 Å². The average molecular weight is 396 g/mol. The molecule has 0 saturated heterocycles. The summed E-state index contributed by atoms with van der Waals surface area (Å²) in [5, 5.41) is 0. The highest BCUT2D eigenvalue weighted by Crippen LogP contribution is 2.38. The van der Waals surface area contributed by atoms with E-state index in [4.69, 9.17) is 4.74 Å². The Morgan fingerprint density at radius 1 is 1.22 bits per heavy atom. The Balaban J connectivity index is 2.00. The van der Waals surface area contributed by atoms with Crippen molar-refractivity contribution in [2.45, 2.75) is 31.2 Å².